The molecular weight excluding hydrogens is 524 g/mol. The average Bonchev–Trinajstić information content (AvgIpc) is 3.49. The molecule has 0 aliphatic rings. The zero-order chi connectivity index (χ0) is 27.7. The van der Waals surface area contributed by atoms with E-state index in [9.17, 15) is 14.4 Å². The van der Waals surface area contributed by atoms with Gasteiger partial charge in [0.15, 0.2) is 0 Å². The maximum absolute atomic E-state index is 12.9. The van der Waals surface area contributed by atoms with Crippen LogP contribution >= 0.6 is 22.7 Å². The fourth-order valence-corrected chi connectivity index (χ4v) is 4.73. The van der Waals surface area contributed by atoms with Gasteiger partial charge in [0, 0.05) is 22.3 Å². The number of pyridine rings is 1. The van der Waals surface area contributed by atoms with Crippen molar-refractivity contribution in [2.24, 2.45) is 0 Å². The van der Waals surface area contributed by atoms with Gasteiger partial charge in [-0.15, -0.1) is 11.3 Å². The van der Waals surface area contributed by atoms with Crippen molar-refractivity contribution in [3.63, 3.8) is 0 Å². The lowest BCUT2D eigenvalue weighted by molar-refractivity contribution is 0.0635. The number of anilines is 3. The summed E-state index contributed by atoms with van der Waals surface area (Å²) < 4.78 is 5.28. The van der Waals surface area contributed by atoms with Crippen molar-refractivity contribution in [2.75, 3.05) is 36.6 Å². The Morgan fingerprint density at radius 3 is 2.34 bits per heavy atom. The van der Waals surface area contributed by atoms with Crippen molar-refractivity contribution < 1.29 is 19.1 Å². The van der Waals surface area contributed by atoms with E-state index in [1.807, 2.05) is 30.9 Å². The van der Waals surface area contributed by atoms with Crippen LogP contribution in [0.3, 0.4) is 0 Å². The second-order valence-electron chi connectivity index (χ2n) is 9.87. The van der Waals surface area contributed by atoms with Crippen molar-refractivity contribution in [1.82, 2.24) is 15.2 Å². The second kappa shape index (κ2) is 13.4. The largest absolute Gasteiger partial charge is 0.444 e. The Morgan fingerprint density at radius 1 is 1.00 bits per heavy atom. The Hall–Kier alpha value is -3.48. The Balaban J connectivity index is 1.65. The van der Waals surface area contributed by atoms with Gasteiger partial charge in [0.1, 0.15) is 11.3 Å². The van der Waals surface area contributed by atoms with Crippen LogP contribution < -0.4 is 21.3 Å². The molecule has 0 aliphatic carbocycles. The highest BCUT2D eigenvalue weighted by atomic mass is 32.1. The van der Waals surface area contributed by atoms with Crippen LogP contribution in [0, 0.1) is 0 Å². The highest BCUT2D eigenvalue weighted by Gasteiger charge is 2.20. The highest BCUT2D eigenvalue weighted by Crippen LogP contribution is 2.28. The first-order valence-corrected chi connectivity index (χ1v) is 14.0. The number of carbonyl (C=O) groups is 3. The van der Waals surface area contributed by atoms with Gasteiger partial charge >= 0.3 is 12.1 Å². The van der Waals surface area contributed by atoms with Gasteiger partial charge in [-0.25, -0.2) is 9.59 Å². The Labute approximate surface area is 230 Å². The number of amides is 4. The van der Waals surface area contributed by atoms with Crippen molar-refractivity contribution in [2.45, 2.75) is 45.3 Å². The summed E-state index contributed by atoms with van der Waals surface area (Å²) in [5, 5.41) is 18.5. The number of nitrogens with one attached hydrogen (secondary N) is 4. The lowest BCUT2D eigenvalue weighted by Crippen LogP contribution is -2.33. The number of ether oxygens (including phenoxy) is 1. The molecule has 1 atom stereocenters. The van der Waals surface area contributed by atoms with Crippen LogP contribution in [-0.4, -0.2) is 54.2 Å². The molecule has 3 rings (SSSR count). The fraction of sp³-hybridized carbons (Fsp3) is 0.385. The fourth-order valence-electron chi connectivity index (χ4n) is 3.43. The number of urea groups is 1. The first-order chi connectivity index (χ1) is 18.0. The number of thiophene rings is 2. The SMILES string of the molecule is CN(C)CCCC(NC(=O)Nc1ccsc1)c1ccc(C(=O)Nc2cscc2NC(=O)OC(C)(C)C)nc1. The summed E-state index contributed by atoms with van der Waals surface area (Å²) in [4.78, 5) is 44.0. The topological polar surface area (TPSA) is 125 Å². The predicted molar refractivity (Wildman–Crippen MR) is 153 cm³/mol. The molecule has 10 nitrogen and oxygen atoms in total. The van der Waals surface area contributed by atoms with E-state index in [4.69, 9.17) is 4.74 Å². The van der Waals surface area contributed by atoms with Gasteiger partial charge in [0.05, 0.1) is 23.1 Å². The minimum absolute atomic E-state index is 0.206. The maximum Gasteiger partial charge on any atom is 0.412 e. The summed E-state index contributed by atoms with van der Waals surface area (Å²) in [6.07, 6.45) is 2.57. The van der Waals surface area contributed by atoms with E-state index >= 15 is 0 Å². The van der Waals surface area contributed by atoms with Gasteiger partial charge in [0.2, 0.25) is 0 Å². The van der Waals surface area contributed by atoms with E-state index in [2.05, 4.69) is 31.2 Å². The molecule has 0 saturated heterocycles. The number of rotatable bonds is 10. The minimum atomic E-state index is -0.640. The molecule has 4 N–H and O–H groups in total. The number of hydrogen-bond donors (Lipinski definition) is 4. The molecule has 0 radical (unpaired) electrons. The molecule has 4 amide bonds. The smallest absolute Gasteiger partial charge is 0.412 e. The quantitative estimate of drug-likeness (QED) is 0.242. The standard InChI is InChI=1S/C26H34N6O4S2/c1-26(2,3)36-25(35)31-22-16-38-15-21(22)29-23(33)20-9-8-17(13-27-20)19(7-6-11-32(4)5)30-24(34)28-18-10-12-37-14-18/h8-10,12-16,19H,6-7,11H2,1-5H3,(H,29,33)(H,31,35)(H2,28,30,34). The molecule has 12 heteroatoms. The zero-order valence-corrected chi connectivity index (χ0v) is 23.8. The third kappa shape index (κ3) is 9.43. The monoisotopic (exact) mass is 558 g/mol. The van der Waals surface area contributed by atoms with Crippen LogP contribution in [-0.2, 0) is 4.74 Å². The van der Waals surface area contributed by atoms with Crippen molar-refractivity contribution in [3.05, 3.63) is 57.2 Å². The van der Waals surface area contributed by atoms with Crippen LogP contribution in [0.1, 0.15) is 55.7 Å². The van der Waals surface area contributed by atoms with E-state index in [1.165, 1.54) is 22.7 Å². The van der Waals surface area contributed by atoms with Crippen LogP contribution in [0.2, 0.25) is 0 Å². The van der Waals surface area contributed by atoms with Crippen molar-refractivity contribution in [1.29, 1.82) is 0 Å². The van der Waals surface area contributed by atoms with E-state index in [-0.39, 0.29) is 17.8 Å². The van der Waals surface area contributed by atoms with E-state index in [0.717, 1.165) is 24.2 Å². The first-order valence-electron chi connectivity index (χ1n) is 12.1. The van der Waals surface area contributed by atoms with Crippen LogP contribution in [0.15, 0.2) is 45.9 Å². The van der Waals surface area contributed by atoms with Gasteiger partial charge in [-0.1, -0.05) is 6.07 Å². The maximum atomic E-state index is 12.9. The summed E-state index contributed by atoms with van der Waals surface area (Å²) in [6.45, 7) is 6.20. The summed E-state index contributed by atoms with van der Waals surface area (Å²) in [5.74, 6) is -0.422. The molecule has 0 aliphatic heterocycles. The summed E-state index contributed by atoms with van der Waals surface area (Å²) in [6, 6.07) is 4.67. The number of nitrogens with zero attached hydrogens (tertiary/aromatic N) is 2. The van der Waals surface area contributed by atoms with Gasteiger partial charge in [-0.3, -0.25) is 15.1 Å². The van der Waals surface area contributed by atoms with E-state index in [0.29, 0.717) is 17.8 Å². The molecule has 0 spiro atoms. The first kappa shape index (κ1) is 29.1. The van der Waals surface area contributed by atoms with Gasteiger partial charge in [0.25, 0.3) is 5.91 Å². The Morgan fingerprint density at radius 2 is 1.74 bits per heavy atom. The average molecular weight is 559 g/mol. The number of aromatic nitrogens is 1. The normalized spacial score (nSPS) is 12.1. The second-order valence-corrected chi connectivity index (χ2v) is 11.4. The van der Waals surface area contributed by atoms with E-state index < -0.39 is 17.6 Å². The molecule has 0 aromatic carbocycles. The Bertz CT molecular complexity index is 1200. The Kier molecular flexibility index (Phi) is 10.2. The molecule has 0 fully saturated rings. The van der Waals surface area contributed by atoms with Gasteiger partial charge in [-0.2, -0.15) is 11.3 Å². The summed E-state index contributed by atoms with van der Waals surface area (Å²) >= 11 is 2.83. The highest BCUT2D eigenvalue weighted by molar-refractivity contribution is 7.09. The molecule has 38 heavy (non-hydrogen) atoms. The predicted octanol–water partition coefficient (Wildman–Crippen LogP) is 6.01. The van der Waals surface area contributed by atoms with Crippen LogP contribution in [0.4, 0.5) is 26.7 Å². The third-order valence-corrected chi connectivity index (χ3v) is 6.58. The minimum Gasteiger partial charge on any atom is -0.444 e. The molecular formula is C26H34N6O4S2. The van der Waals surface area contributed by atoms with Gasteiger partial charge in [-0.05, 0) is 77.3 Å². The van der Waals surface area contributed by atoms with Crippen LogP contribution in [0.25, 0.3) is 0 Å². The molecule has 0 saturated carbocycles. The molecule has 3 heterocycles. The lowest BCUT2D eigenvalue weighted by atomic mass is 10.0. The molecule has 3 aromatic heterocycles. The summed E-state index contributed by atoms with van der Waals surface area (Å²) in [5.41, 5.74) is 1.99. The third-order valence-electron chi connectivity index (χ3n) is 5.15. The number of carbonyl (C=O) groups excluding carboxylic acids is 3. The number of hydrogen-bond acceptors (Lipinski definition) is 8. The molecule has 0 bridgehead atoms. The zero-order valence-electron chi connectivity index (χ0n) is 22.2. The van der Waals surface area contributed by atoms with Crippen molar-refractivity contribution >= 4 is 57.8 Å². The van der Waals surface area contributed by atoms with Gasteiger partial charge < -0.3 is 25.6 Å². The summed E-state index contributed by atoms with van der Waals surface area (Å²) in [7, 11) is 4.01. The van der Waals surface area contributed by atoms with Crippen LogP contribution in [0.5, 0.6) is 0 Å². The molecule has 3 aromatic rings. The molecule has 204 valence electrons. The molecule has 1 unspecified atom stereocenters. The lowest BCUT2D eigenvalue weighted by Gasteiger charge is -2.20. The van der Waals surface area contributed by atoms with E-state index in [1.54, 1.807) is 49.9 Å². The van der Waals surface area contributed by atoms with Crippen molar-refractivity contribution in [3.8, 4) is 0 Å².